The van der Waals surface area contributed by atoms with Gasteiger partial charge in [0.05, 0.1) is 11.8 Å². The van der Waals surface area contributed by atoms with Crippen molar-refractivity contribution in [3.63, 3.8) is 0 Å². The number of hydrogen-bond donors (Lipinski definition) is 1. The predicted molar refractivity (Wildman–Crippen MR) is 93.5 cm³/mol. The van der Waals surface area contributed by atoms with Crippen LogP contribution < -0.4 is 5.32 Å². The minimum absolute atomic E-state index is 0.142. The SMILES string of the molecule is Cc1ccc(NC(=O)[C@@H](C)N2C(=O)[C@@H]3[C@H](C2=O)[C@H]2C=C[C@H]3CC2)cc1. The molecule has 5 atom stereocenters. The highest BCUT2D eigenvalue weighted by atomic mass is 16.2. The van der Waals surface area contributed by atoms with Gasteiger partial charge in [-0.1, -0.05) is 29.8 Å². The summed E-state index contributed by atoms with van der Waals surface area (Å²) in [6.07, 6.45) is 6.08. The Labute approximate surface area is 147 Å². The van der Waals surface area contributed by atoms with Gasteiger partial charge < -0.3 is 5.32 Å². The minimum Gasteiger partial charge on any atom is -0.324 e. The summed E-state index contributed by atoms with van der Waals surface area (Å²) in [5, 5.41) is 2.81. The van der Waals surface area contributed by atoms with Gasteiger partial charge in [0, 0.05) is 5.69 Å². The molecule has 5 heteroatoms. The van der Waals surface area contributed by atoms with Crippen LogP contribution in [-0.4, -0.2) is 28.7 Å². The number of nitrogens with zero attached hydrogens (tertiary/aromatic N) is 1. The highest BCUT2D eigenvalue weighted by Gasteiger charge is 2.58. The lowest BCUT2D eigenvalue weighted by molar-refractivity contribution is -0.146. The number of carbonyl (C=O) groups is 3. The van der Waals surface area contributed by atoms with Crippen molar-refractivity contribution in [3.05, 3.63) is 42.0 Å². The summed E-state index contributed by atoms with van der Waals surface area (Å²) in [7, 11) is 0. The van der Waals surface area contributed by atoms with Gasteiger partial charge in [-0.2, -0.15) is 0 Å². The van der Waals surface area contributed by atoms with Crippen molar-refractivity contribution in [2.24, 2.45) is 23.7 Å². The standard InChI is InChI=1S/C20H22N2O3/c1-11-3-9-15(10-4-11)21-18(23)12(2)22-19(24)16-13-5-6-14(8-7-13)17(16)20(22)25/h3-6,9-10,12-14,16-17H,7-8H2,1-2H3,(H,21,23)/t12-,13+,14+,16-,17+/m1/s1. The van der Waals surface area contributed by atoms with Crippen LogP contribution in [0.3, 0.4) is 0 Å². The first-order valence-electron chi connectivity index (χ1n) is 8.90. The topological polar surface area (TPSA) is 66.5 Å². The molecule has 5 rings (SSSR count). The molecule has 2 bridgehead atoms. The highest BCUT2D eigenvalue weighted by molar-refractivity contribution is 6.10. The Hall–Kier alpha value is -2.43. The van der Waals surface area contributed by atoms with E-state index >= 15 is 0 Å². The molecule has 25 heavy (non-hydrogen) atoms. The lowest BCUT2D eigenvalue weighted by Crippen LogP contribution is -2.46. The van der Waals surface area contributed by atoms with Crippen molar-refractivity contribution < 1.29 is 14.4 Å². The number of amides is 3. The van der Waals surface area contributed by atoms with E-state index < -0.39 is 6.04 Å². The molecule has 5 nitrogen and oxygen atoms in total. The smallest absolute Gasteiger partial charge is 0.247 e. The first-order chi connectivity index (χ1) is 12.0. The van der Waals surface area contributed by atoms with Gasteiger partial charge in [-0.15, -0.1) is 0 Å². The van der Waals surface area contributed by atoms with E-state index in [4.69, 9.17) is 0 Å². The lowest BCUT2D eigenvalue weighted by atomic mass is 9.63. The average molecular weight is 338 g/mol. The van der Waals surface area contributed by atoms with Crippen LogP contribution in [0.1, 0.15) is 25.3 Å². The molecule has 0 spiro atoms. The molecule has 1 aromatic rings. The summed E-state index contributed by atoms with van der Waals surface area (Å²) in [5.74, 6) is -0.949. The molecular formula is C20H22N2O3. The second-order valence-corrected chi connectivity index (χ2v) is 7.42. The Morgan fingerprint density at radius 1 is 1.04 bits per heavy atom. The van der Waals surface area contributed by atoms with E-state index in [0.717, 1.165) is 18.4 Å². The van der Waals surface area contributed by atoms with Crippen LogP contribution in [0.15, 0.2) is 36.4 Å². The number of carbonyl (C=O) groups excluding carboxylic acids is 3. The van der Waals surface area contributed by atoms with E-state index in [1.54, 1.807) is 6.92 Å². The van der Waals surface area contributed by atoms with Crippen LogP contribution in [0.25, 0.3) is 0 Å². The molecule has 1 heterocycles. The van der Waals surface area contributed by atoms with E-state index in [2.05, 4.69) is 17.5 Å². The Bertz CT molecular complexity index is 736. The van der Waals surface area contributed by atoms with Crippen molar-refractivity contribution in [2.45, 2.75) is 32.7 Å². The first-order valence-corrected chi connectivity index (χ1v) is 8.90. The van der Waals surface area contributed by atoms with Gasteiger partial charge in [-0.05, 0) is 50.7 Å². The number of likely N-dealkylation sites (tertiary alicyclic amines) is 1. The van der Waals surface area contributed by atoms with E-state index in [0.29, 0.717) is 5.69 Å². The molecule has 1 N–H and O–H groups in total. The molecule has 2 fully saturated rings. The van der Waals surface area contributed by atoms with E-state index in [-0.39, 0.29) is 41.4 Å². The number of rotatable bonds is 3. The van der Waals surface area contributed by atoms with Gasteiger partial charge in [0.1, 0.15) is 6.04 Å². The molecule has 1 saturated heterocycles. The summed E-state index contributed by atoms with van der Waals surface area (Å²) >= 11 is 0. The number of hydrogen-bond acceptors (Lipinski definition) is 3. The third-order valence-electron chi connectivity index (χ3n) is 5.88. The maximum absolute atomic E-state index is 12.9. The number of aryl methyl sites for hydroxylation is 1. The fourth-order valence-electron chi connectivity index (χ4n) is 4.48. The van der Waals surface area contributed by atoms with Crippen molar-refractivity contribution >= 4 is 23.4 Å². The Morgan fingerprint density at radius 3 is 2.04 bits per heavy atom. The largest absolute Gasteiger partial charge is 0.324 e. The molecule has 4 aliphatic rings. The predicted octanol–water partition coefficient (Wildman–Crippen LogP) is 2.52. The lowest BCUT2D eigenvalue weighted by Gasteiger charge is -2.38. The summed E-state index contributed by atoms with van der Waals surface area (Å²) in [4.78, 5) is 39.5. The molecule has 0 unspecified atom stereocenters. The quantitative estimate of drug-likeness (QED) is 0.680. The zero-order chi connectivity index (χ0) is 17.7. The zero-order valence-electron chi connectivity index (χ0n) is 14.4. The molecule has 1 saturated carbocycles. The van der Waals surface area contributed by atoms with Gasteiger partial charge in [0.25, 0.3) is 0 Å². The number of nitrogens with one attached hydrogen (secondary N) is 1. The molecule has 130 valence electrons. The van der Waals surface area contributed by atoms with E-state index in [9.17, 15) is 14.4 Å². The maximum atomic E-state index is 12.9. The third kappa shape index (κ3) is 2.49. The van der Waals surface area contributed by atoms with Crippen LogP contribution in [0.4, 0.5) is 5.69 Å². The van der Waals surface area contributed by atoms with Crippen molar-refractivity contribution in [1.82, 2.24) is 4.90 Å². The van der Waals surface area contributed by atoms with Crippen LogP contribution in [-0.2, 0) is 14.4 Å². The molecule has 0 aromatic heterocycles. The second kappa shape index (κ2) is 5.83. The minimum atomic E-state index is -0.800. The molecule has 0 radical (unpaired) electrons. The first kappa shape index (κ1) is 16.1. The molecular weight excluding hydrogens is 316 g/mol. The Kier molecular flexibility index (Phi) is 3.74. The number of allylic oxidation sites excluding steroid dienone is 2. The average Bonchev–Trinajstić information content (AvgIpc) is 2.90. The number of imide groups is 1. The maximum Gasteiger partial charge on any atom is 0.247 e. The third-order valence-corrected chi connectivity index (χ3v) is 5.88. The van der Waals surface area contributed by atoms with Crippen molar-refractivity contribution in [1.29, 1.82) is 0 Å². The van der Waals surface area contributed by atoms with Gasteiger partial charge in [-0.25, -0.2) is 0 Å². The summed E-state index contributed by atoms with van der Waals surface area (Å²) in [6.45, 7) is 3.60. The molecule has 3 amide bonds. The summed E-state index contributed by atoms with van der Waals surface area (Å²) in [5.41, 5.74) is 1.77. The highest BCUT2D eigenvalue weighted by Crippen LogP contribution is 2.49. The Balaban J connectivity index is 1.53. The van der Waals surface area contributed by atoms with Crippen LogP contribution >= 0.6 is 0 Å². The monoisotopic (exact) mass is 338 g/mol. The van der Waals surface area contributed by atoms with Crippen LogP contribution in [0, 0.1) is 30.6 Å². The fourth-order valence-corrected chi connectivity index (χ4v) is 4.48. The molecule has 1 aliphatic heterocycles. The van der Waals surface area contributed by atoms with Crippen molar-refractivity contribution in [3.8, 4) is 0 Å². The molecule has 1 aromatic carbocycles. The van der Waals surface area contributed by atoms with Gasteiger partial charge in [0.2, 0.25) is 17.7 Å². The zero-order valence-corrected chi connectivity index (χ0v) is 14.4. The van der Waals surface area contributed by atoms with E-state index in [1.807, 2.05) is 31.2 Å². The van der Waals surface area contributed by atoms with Gasteiger partial charge >= 0.3 is 0 Å². The van der Waals surface area contributed by atoms with Gasteiger partial charge in [0.15, 0.2) is 0 Å². The Morgan fingerprint density at radius 2 is 1.56 bits per heavy atom. The summed E-state index contributed by atoms with van der Waals surface area (Å²) < 4.78 is 0. The summed E-state index contributed by atoms with van der Waals surface area (Å²) in [6, 6.07) is 6.65. The van der Waals surface area contributed by atoms with Gasteiger partial charge in [-0.3, -0.25) is 19.3 Å². The fraction of sp³-hybridized carbons (Fsp3) is 0.450. The molecule has 3 aliphatic carbocycles. The van der Waals surface area contributed by atoms with Crippen LogP contribution in [0.5, 0.6) is 0 Å². The normalized spacial score (nSPS) is 31.2. The van der Waals surface area contributed by atoms with E-state index in [1.165, 1.54) is 4.90 Å². The number of fused-ring (bicyclic) bond motifs is 1. The van der Waals surface area contributed by atoms with Crippen molar-refractivity contribution in [2.75, 3.05) is 5.32 Å². The number of anilines is 1. The number of benzene rings is 1. The second-order valence-electron chi connectivity index (χ2n) is 7.42. The van der Waals surface area contributed by atoms with Crippen LogP contribution in [0.2, 0.25) is 0 Å².